The number of methoxy groups -OCH3 is 1. The fourth-order valence-corrected chi connectivity index (χ4v) is 3.34. The van der Waals surface area contributed by atoms with Crippen molar-refractivity contribution in [3.05, 3.63) is 54.0 Å². The lowest BCUT2D eigenvalue weighted by molar-refractivity contribution is 0.414. The van der Waals surface area contributed by atoms with Gasteiger partial charge in [0.1, 0.15) is 11.6 Å². The first-order chi connectivity index (χ1) is 12.2. The van der Waals surface area contributed by atoms with Crippen LogP contribution in [0.5, 0.6) is 5.75 Å². The monoisotopic (exact) mass is 336 g/mol. The number of hydrogen-bond donors (Lipinski definition) is 0. The van der Waals surface area contributed by atoms with Crippen LogP contribution in [-0.4, -0.2) is 28.8 Å². The van der Waals surface area contributed by atoms with Gasteiger partial charge in [0.2, 0.25) is 0 Å². The van der Waals surface area contributed by atoms with Gasteiger partial charge in [0.05, 0.1) is 13.2 Å². The van der Waals surface area contributed by atoms with Crippen LogP contribution in [0.15, 0.2) is 47.1 Å². The normalized spacial score (nSPS) is 17.0. The third-order valence-corrected chi connectivity index (χ3v) is 4.57. The van der Waals surface area contributed by atoms with Gasteiger partial charge in [0, 0.05) is 18.3 Å². The van der Waals surface area contributed by atoms with Crippen LogP contribution in [0.3, 0.4) is 0 Å². The minimum Gasteiger partial charge on any atom is -0.497 e. The maximum atomic E-state index is 5.28. The summed E-state index contributed by atoms with van der Waals surface area (Å²) in [5, 5.41) is 3.87. The molecule has 4 rings (SSSR count). The molecule has 1 atom stereocenters. The van der Waals surface area contributed by atoms with Crippen LogP contribution < -0.4 is 9.64 Å². The number of ether oxygens (including phenoxy) is 1. The van der Waals surface area contributed by atoms with Gasteiger partial charge in [-0.1, -0.05) is 17.3 Å². The van der Waals surface area contributed by atoms with Crippen molar-refractivity contribution in [2.45, 2.75) is 25.8 Å². The molecule has 128 valence electrons. The second-order valence-electron chi connectivity index (χ2n) is 6.17. The number of pyridine rings is 1. The number of hydrogen-bond acceptors (Lipinski definition) is 6. The molecule has 3 heterocycles. The van der Waals surface area contributed by atoms with Crippen LogP contribution in [0, 0.1) is 6.92 Å². The zero-order chi connectivity index (χ0) is 17.2. The molecule has 0 spiro atoms. The van der Waals surface area contributed by atoms with Crippen LogP contribution in [-0.2, 0) is 0 Å². The molecule has 6 heteroatoms. The van der Waals surface area contributed by atoms with Gasteiger partial charge >= 0.3 is 0 Å². The zero-order valence-electron chi connectivity index (χ0n) is 14.3. The first kappa shape index (κ1) is 15.6. The van der Waals surface area contributed by atoms with Crippen LogP contribution in [0.25, 0.3) is 11.5 Å². The highest BCUT2D eigenvalue weighted by Gasteiger charge is 2.27. The Morgan fingerprint density at radius 2 is 2.04 bits per heavy atom. The summed E-state index contributed by atoms with van der Waals surface area (Å²) in [6.45, 7) is 2.80. The molecule has 1 aromatic carbocycles. The van der Waals surface area contributed by atoms with Crippen LogP contribution in [0.4, 0.5) is 5.82 Å². The van der Waals surface area contributed by atoms with Crippen LogP contribution >= 0.6 is 0 Å². The molecule has 0 amide bonds. The van der Waals surface area contributed by atoms with E-state index < -0.39 is 0 Å². The molecule has 0 unspecified atom stereocenters. The molecule has 1 aliphatic rings. The first-order valence-corrected chi connectivity index (χ1v) is 8.42. The van der Waals surface area contributed by atoms with E-state index in [0.29, 0.717) is 17.8 Å². The summed E-state index contributed by atoms with van der Waals surface area (Å²) in [6.07, 6.45) is 4.05. The highest BCUT2D eigenvalue weighted by molar-refractivity contribution is 5.59. The Morgan fingerprint density at radius 1 is 1.20 bits per heavy atom. The summed E-state index contributed by atoms with van der Waals surface area (Å²) in [7, 11) is 1.69. The molecule has 1 fully saturated rings. The van der Waals surface area contributed by atoms with Crippen molar-refractivity contribution in [2.75, 3.05) is 18.6 Å². The quantitative estimate of drug-likeness (QED) is 0.722. The zero-order valence-corrected chi connectivity index (χ0v) is 14.3. The first-order valence-electron chi connectivity index (χ1n) is 8.42. The Kier molecular flexibility index (Phi) is 4.09. The van der Waals surface area contributed by atoms with Gasteiger partial charge in [-0.05, 0) is 49.6 Å². The van der Waals surface area contributed by atoms with Gasteiger partial charge in [0.15, 0.2) is 5.82 Å². The van der Waals surface area contributed by atoms with Gasteiger partial charge in [-0.15, -0.1) is 0 Å². The molecule has 0 N–H and O–H groups in total. The van der Waals surface area contributed by atoms with E-state index in [2.05, 4.69) is 32.2 Å². The highest BCUT2D eigenvalue weighted by atomic mass is 16.5. The van der Waals surface area contributed by atoms with Crippen molar-refractivity contribution in [3.63, 3.8) is 0 Å². The minimum atomic E-state index is 0.318. The third kappa shape index (κ3) is 3.07. The Labute approximate surface area is 146 Å². The maximum Gasteiger partial charge on any atom is 0.258 e. The van der Waals surface area contributed by atoms with E-state index in [0.717, 1.165) is 36.5 Å². The van der Waals surface area contributed by atoms with E-state index in [1.54, 1.807) is 13.3 Å². The molecule has 6 nitrogen and oxygen atoms in total. The lowest BCUT2D eigenvalue weighted by Gasteiger charge is -2.26. The average Bonchev–Trinajstić information content (AvgIpc) is 3.31. The van der Waals surface area contributed by atoms with Gasteiger partial charge < -0.3 is 14.2 Å². The number of aromatic nitrogens is 3. The van der Waals surface area contributed by atoms with Gasteiger partial charge in [-0.2, -0.15) is 4.98 Å². The van der Waals surface area contributed by atoms with Crippen molar-refractivity contribution < 1.29 is 9.26 Å². The second kappa shape index (κ2) is 6.55. The molecule has 0 bridgehead atoms. The predicted octanol–water partition coefficient (Wildman–Crippen LogP) is 3.79. The van der Waals surface area contributed by atoms with E-state index in [4.69, 9.17) is 9.26 Å². The third-order valence-electron chi connectivity index (χ3n) is 4.57. The molecule has 1 aliphatic heterocycles. The number of rotatable bonds is 4. The Morgan fingerprint density at radius 3 is 2.76 bits per heavy atom. The summed E-state index contributed by atoms with van der Waals surface area (Å²) in [6, 6.07) is 12.5. The topological polar surface area (TPSA) is 64.3 Å². The molecule has 0 saturated carbocycles. The molecule has 0 aliphatic carbocycles. The molecule has 0 radical (unpaired) electrons. The van der Waals surface area contributed by atoms with E-state index in [-0.39, 0.29) is 0 Å². The molecular formula is C19H20N4O2. The number of anilines is 1. The molecule has 25 heavy (non-hydrogen) atoms. The van der Waals surface area contributed by atoms with Crippen molar-refractivity contribution in [3.8, 4) is 17.2 Å². The SMILES string of the molecule is COc1ccc([C@@H]2CCCN2c2cc(-c3nc(C)no3)ccn2)cc1. The maximum absolute atomic E-state index is 5.28. The Balaban J connectivity index is 1.63. The summed E-state index contributed by atoms with van der Waals surface area (Å²) in [5.41, 5.74) is 2.17. The molecule has 2 aromatic heterocycles. The van der Waals surface area contributed by atoms with Gasteiger partial charge in [-0.25, -0.2) is 4.98 Å². The summed E-state index contributed by atoms with van der Waals surface area (Å²) in [5.74, 6) is 2.97. The Hall–Kier alpha value is -2.89. The fraction of sp³-hybridized carbons (Fsp3) is 0.316. The summed E-state index contributed by atoms with van der Waals surface area (Å²) < 4.78 is 10.5. The van der Waals surface area contributed by atoms with Crippen molar-refractivity contribution in [1.82, 2.24) is 15.1 Å². The van der Waals surface area contributed by atoms with E-state index >= 15 is 0 Å². The smallest absolute Gasteiger partial charge is 0.258 e. The van der Waals surface area contributed by atoms with Crippen LogP contribution in [0.2, 0.25) is 0 Å². The van der Waals surface area contributed by atoms with Gasteiger partial charge in [-0.3, -0.25) is 0 Å². The Bertz CT molecular complexity index is 860. The molecular weight excluding hydrogens is 316 g/mol. The number of aryl methyl sites for hydroxylation is 1. The minimum absolute atomic E-state index is 0.318. The van der Waals surface area contributed by atoms with Gasteiger partial charge in [0.25, 0.3) is 5.89 Å². The highest BCUT2D eigenvalue weighted by Crippen LogP contribution is 2.36. The van der Waals surface area contributed by atoms with Crippen molar-refractivity contribution in [1.29, 1.82) is 0 Å². The van der Waals surface area contributed by atoms with E-state index in [1.165, 1.54) is 5.56 Å². The standard InChI is InChI=1S/C19H20N4O2/c1-13-21-19(25-22-13)15-9-10-20-18(12-15)23-11-3-4-17(23)14-5-7-16(24-2)8-6-14/h5-10,12,17H,3-4,11H2,1-2H3/t17-/m0/s1. The van der Waals surface area contributed by atoms with E-state index in [9.17, 15) is 0 Å². The van der Waals surface area contributed by atoms with Crippen molar-refractivity contribution in [2.24, 2.45) is 0 Å². The van der Waals surface area contributed by atoms with E-state index in [1.807, 2.05) is 31.2 Å². The lowest BCUT2D eigenvalue weighted by atomic mass is 10.0. The number of nitrogens with zero attached hydrogens (tertiary/aromatic N) is 4. The summed E-state index contributed by atoms with van der Waals surface area (Å²) in [4.78, 5) is 11.2. The lowest BCUT2D eigenvalue weighted by Crippen LogP contribution is -2.23. The largest absolute Gasteiger partial charge is 0.497 e. The predicted molar refractivity (Wildman–Crippen MR) is 94.6 cm³/mol. The fourth-order valence-electron chi connectivity index (χ4n) is 3.34. The molecule has 1 saturated heterocycles. The number of benzene rings is 1. The van der Waals surface area contributed by atoms with Crippen LogP contribution in [0.1, 0.15) is 30.3 Å². The van der Waals surface area contributed by atoms with Crippen molar-refractivity contribution >= 4 is 5.82 Å². The second-order valence-corrected chi connectivity index (χ2v) is 6.17. The molecule has 3 aromatic rings. The average molecular weight is 336 g/mol. The summed E-state index contributed by atoms with van der Waals surface area (Å²) >= 11 is 0.